The predicted octanol–water partition coefficient (Wildman–Crippen LogP) is 2.44. The van der Waals surface area contributed by atoms with Gasteiger partial charge in [-0.2, -0.15) is 11.3 Å². The fraction of sp³-hybridized carbons (Fsp3) is 0.500. The lowest BCUT2D eigenvalue weighted by atomic mass is 9.84. The van der Waals surface area contributed by atoms with E-state index in [1.165, 1.54) is 18.4 Å². The van der Waals surface area contributed by atoms with Crippen LogP contribution in [0.2, 0.25) is 0 Å². The van der Waals surface area contributed by atoms with Crippen LogP contribution in [0.25, 0.3) is 0 Å². The standard InChI is InChI=1S/C20H28N4OS/c21-19(25)20(18-7-14-26-15-18,8-1-16-2-9-22-10-3-16)24-13-6-17-4-11-23-12-5-17/h2-3,7,9-10,14-15,17,23-24H,1,4-6,8,11-13H2,(H2,21,25). The summed E-state index contributed by atoms with van der Waals surface area (Å²) in [6.45, 7) is 3.00. The maximum absolute atomic E-state index is 12.6. The summed E-state index contributed by atoms with van der Waals surface area (Å²) in [6, 6.07) is 6.00. The van der Waals surface area contributed by atoms with Crippen molar-refractivity contribution in [1.29, 1.82) is 0 Å². The van der Waals surface area contributed by atoms with Gasteiger partial charge in [0.25, 0.3) is 0 Å². The van der Waals surface area contributed by atoms with Gasteiger partial charge in [-0.25, -0.2) is 0 Å². The Morgan fingerprint density at radius 2 is 2.08 bits per heavy atom. The largest absolute Gasteiger partial charge is 0.368 e. The highest BCUT2D eigenvalue weighted by Crippen LogP contribution is 2.29. The first-order valence-corrected chi connectivity index (χ1v) is 10.3. The van der Waals surface area contributed by atoms with Gasteiger partial charge in [0.2, 0.25) is 5.91 Å². The van der Waals surface area contributed by atoms with Crippen molar-refractivity contribution in [3.63, 3.8) is 0 Å². The minimum Gasteiger partial charge on any atom is -0.368 e. The number of pyridine rings is 1. The average Bonchev–Trinajstić information content (AvgIpc) is 3.21. The number of rotatable bonds is 9. The van der Waals surface area contributed by atoms with E-state index in [1.807, 2.05) is 29.0 Å². The Morgan fingerprint density at radius 3 is 2.73 bits per heavy atom. The Labute approximate surface area is 159 Å². The third-order valence-corrected chi connectivity index (χ3v) is 6.09. The van der Waals surface area contributed by atoms with Gasteiger partial charge < -0.3 is 11.1 Å². The fourth-order valence-corrected chi connectivity index (χ4v) is 4.47. The summed E-state index contributed by atoms with van der Waals surface area (Å²) in [6.07, 6.45) is 8.50. The molecule has 1 aliphatic rings. The van der Waals surface area contributed by atoms with Crippen LogP contribution in [0.1, 0.15) is 36.8 Å². The summed E-state index contributed by atoms with van der Waals surface area (Å²) in [4.78, 5) is 16.6. The number of aryl methyl sites for hydroxylation is 1. The van der Waals surface area contributed by atoms with E-state index in [0.29, 0.717) is 6.42 Å². The zero-order valence-corrected chi connectivity index (χ0v) is 15.9. The molecule has 1 aliphatic heterocycles. The van der Waals surface area contributed by atoms with E-state index in [0.717, 1.165) is 44.0 Å². The van der Waals surface area contributed by atoms with Crippen LogP contribution < -0.4 is 16.4 Å². The van der Waals surface area contributed by atoms with Crippen LogP contribution in [-0.4, -0.2) is 30.5 Å². The molecular formula is C20H28N4OS. The van der Waals surface area contributed by atoms with Crippen molar-refractivity contribution < 1.29 is 4.79 Å². The van der Waals surface area contributed by atoms with Gasteiger partial charge in [-0.3, -0.25) is 15.1 Å². The Balaban J connectivity index is 1.70. The normalized spacial score (nSPS) is 17.7. The number of piperidine rings is 1. The molecule has 0 bridgehead atoms. The number of nitrogens with one attached hydrogen (secondary N) is 2. The van der Waals surface area contributed by atoms with Gasteiger partial charge in [-0.05, 0) is 97.7 Å². The molecule has 4 N–H and O–H groups in total. The van der Waals surface area contributed by atoms with Gasteiger partial charge in [0, 0.05) is 12.4 Å². The van der Waals surface area contributed by atoms with Crippen molar-refractivity contribution in [2.75, 3.05) is 19.6 Å². The number of carbonyl (C=O) groups is 1. The molecule has 1 saturated heterocycles. The highest BCUT2D eigenvalue weighted by molar-refractivity contribution is 7.08. The zero-order valence-electron chi connectivity index (χ0n) is 15.1. The van der Waals surface area contributed by atoms with Crippen molar-refractivity contribution in [3.8, 4) is 0 Å². The van der Waals surface area contributed by atoms with Gasteiger partial charge in [0.1, 0.15) is 5.54 Å². The molecule has 3 rings (SSSR count). The molecule has 1 unspecified atom stereocenters. The maximum atomic E-state index is 12.6. The van der Waals surface area contributed by atoms with Crippen molar-refractivity contribution in [3.05, 3.63) is 52.5 Å². The summed E-state index contributed by atoms with van der Waals surface area (Å²) in [5, 5.41) is 11.0. The zero-order chi connectivity index (χ0) is 18.2. The summed E-state index contributed by atoms with van der Waals surface area (Å²) in [7, 11) is 0. The second kappa shape index (κ2) is 9.26. The monoisotopic (exact) mass is 372 g/mol. The van der Waals surface area contributed by atoms with Crippen LogP contribution in [0.3, 0.4) is 0 Å². The van der Waals surface area contributed by atoms with E-state index < -0.39 is 5.54 Å². The number of carbonyl (C=O) groups excluding carboxylic acids is 1. The lowest BCUT2D eigenvalue weighted by molar-refractivity contribution is -0.125. The van der Waals surface area contributed by atoms with E-state index in [2.05, 4.69) is 15.6 Å². The fourth-order valence-electron chi connectivity index (χ4n) is 3.74. The molecule has 5 nitrogen and oxygen atoms in total. The number of nitrogens with zero attached hydrogens (tertiary/aromatic N) is 1. The molecule has 26 heavy (non-hydrogen) atoms. The number of hydrogen-bond acceptors (Lipinski definition) is 5. The summed E-state index contributed by atoms with van der Waals surface area (Å²) in [5.41, 5.74) is 7.27. The van der Waals surface area contributed by atoms with Crippen LogP contribution in [0.5, 0.6) is 0 Å². The van der Waals surface area contributed by atoms with Gasteiger partial charge in [-0.15, -0.1) is 0 Å². The highest BCUT2D eigenvalue weighted by atomic mass is 32.1. The molecule has 140 valence electrons. The summed E-state index contributed by atoms with van der Waals surface area (Å²) >= 11 is 1.60. The molecule has 0 radical (unpaired) electrons. The summed E-state index contributed by atoms with van der Waals surface area (Å²) < 4.78 is 0. The molecule has 1 atom stereocenters. The number of aromatic nitrogens is 1. The first-order chi connectivity index (χ1) is 12.7. The molecule has 2 aromatic heterocycles. The molecule has 3 heterocycles. The second-order valence-electron chi connectivity index (χ2n) is 7.05. The quantitative estimate of drug-likeness (QED) is 0.632. The highest BCUT2D eigenvalue weighted by Gasteiger charge is 2.38. The van der Waals surface area contributed by atoms with Crippen LogP contribution in [0.4, 0.5) is 0 Å². The third-order valence-electron chi connectivity index (χ3n) is 5.41. The smallest absolute Gasteiger partial charge is 0.242 e. The molecule has 0 aliphatic carbocycles. The Bertz CT molecular complexity index is 670. The minimum atomic E-state index is -0.809. The molecule has 1 fully saturated rings. The Hall–Kier alpha value is -1.76. The lowest BCUT2D eigenvalue weighted by Crippen LogP contribution is -2.53. The van der Waals surface area contributed by atoms with E-state index in [4.69, 9.17) is 5.73 Å². The summed E-state index contributed by atoms with van der Waals surface area (Å²) in [5.74, 6) is 0.423. The predicted molar refractivity (Wildman–Crippen MR) is 106 cm³/mol. The first-order valence-electron chi connectivity index (χ1n) is 9.38. The van der Waals surface area contributed by atoms with Gasteiger partial charge >= 0.3 is 0 Å². The van der Waals surface area contributed by atoms with Crippen LogP contribution in [0.15, 0.2) is 41.4 Å². The van der Waals surface area contributed by atoms with Crippen molar-refractivity contribution >= 4 is 17.2 Å². The Morgan fingerprint density at radius 1 is 1.31 bits per heavy atom. The van der Waals surface area contributed by atoms with E-state index in [-0.39, 0.29) is 5.91 Å². The number of hydrogen-bond donors (Lipinski definition) is 3. The van der Waals surface area contributed by atoms with Gasteiger partial charge in [0.05, 0.1) is 0 Å². The van der Waals surface area contributed by atoms with Crippen molar-refractivity contribution in [1.82, 2.24) is 15.6 Å². The van der Waals surface area contributed by atoms with E-state index in [9.17, 15) is 4.79 Å². The van der Waals surface area contributed by atoms with Crippen LogP contribution in [-0.2, 0) is 16.8 Å². The topological polar surface area (TPSA) is 80.0 Å². The number of nitrogens with two attached hydrogens (primary N) is 1. The third kappa shape index (κ3) is 4.69. The molecule has 6 heteroatoms. The molecule has 0 aromatic carbocycles. The van der Waals surface area contributed by atoms with Crippen LogP contribution in [0, 0.1) is 5.92 Å². The molecule has 0 saturated carbocycles. The molecule has 1 amide bonds. The SMILES string of the molecule is NC(=O)C(CCc1ccncc1)(NCCC1CCNCC1)c1ccsc1. The minimum absolute atomic E-state index is 0.296. The van der Waals surface area contributed by atoms with Gasteiger partial charge in [0.15, 0.2) is 0 Å². The van der Waals surface area contributed by atoms with Crippen molar-refractivity contribution in [2.45, 2.75) is 37.6 Å². The molecule has 2 aromatic rings. The molecular weight excluding hydrogens is 344 g/mol. The van der Waals surface area contributed by atoms with Crippen LogP contribution >= 0.6 is 11.3 Å². The number of primary amides is 1. The maximum Gasteiger partial charge on any atom is 0.242 e. The second-order valence-corrected chi connectivity index (χ2v) is 7.83. The van der Waals surface area contributed by atoms with E-state index in [1.54, 1.807) is 23.7 Å². The number of amides is 1. The van der Waals surface area contributed by atoms with E-state index >= 15 is 0 Å². The first kappa shape index (κ1) is 19.0. The van der Waals surface area contributed by atoms with Crippen molar-refractivity contribution in [2.24, 2.45) is 11.7 Å². The molecule has 0 spiro atoms. The number of thiophene rings is 1. The lowest BCUT2D eigenvalue weighted by Gasteiger charge is -2.33. The van der Waals surface area contributed by atoms with Gasteiger partial charge in [-0.1, -0.05) is 0 Å². The average molecular weight is 373 g/mol. The Kier molecular flexibility index (Phi) is 6.77.